The minimum absolute atomic E-state index is 0.124. The maximum absolute atomic E-state index is 11.6. The van der Waals surface area contributed by atoms with Gasteiger partial charge in [-0.05, 0) is 0 Å². The molecule has 0 aliphatic rings. The molecule has 1 amide bonds. The van der Waals surface area contributed by atoms with E-state index < -0.39 is 11.9 Å². The highest BCUT2D eigenvalue weighted by Gasteiger charge is 2.14. The van der Waals surface area contributed by atoms with Crippen molar-refractivity contribution in [1.29, 1.82) is 0 Å². The van der Waals surface area contributed by atoms with E-state index in [-0.39, 0.29) is 10.7 Å². The van der Waals surface area contributed by atoms with Crippen molar-refractivity contribution in [3.8, 4) is 0 Å². The second kappa shape index (κ2) is 5.36. The summed E-state index contributed by atoms with van der Waals surface area (Å²) in [4.78, 5) is 25.9. The first-order chi connectivity index (χ1) is 8.66. The fraction of sp³-hybridized carbons (Fsp3) is 0.222. The summed E-state index contributed by atoms with van der Waals surface area (Å²) in [5.41, 5.74) is -0.124. The van der Waals surface area contributed by atoms with Gasteiger partial charge in [-0.25, -0.2) is 9.78 Å². The van der Waals surface area contributed by atoms with Gasteiger partial charge >= 0.3 is 5.97 Å². The first-order valence-electron chi connectivity index (χ1n) is 4.98. The lowest BCUT2D eigenvalue weighted by atomic mass is 10.5. The normalized spacial score (nSPS) is 10.2. The van der Waals surface area contributed by atoms with Crippen molar-refractivity contribution >= 4 is 23.2 Å². The molecule has 2 N–H and O–H groups in total. The summed E-state index contributed by atoms with van der Waals surface area (Å²) in [6.45, 7) is 0.854. The highest BCUT2D eigenvalue weighted by Crippen LogP contribution is 2.09. The number of amides is 1. The molecule has 2 heterocycles. The lowest BCUT2D eigenvalue weighted by Crippen LogP contribution is -2.27. The number of thiazole rings is 1. The van der Waals surface area contributed by atoms with Crippen LogP contribution in [0.1, 0.15) is 20.3 Å². The molecule has 94 valence electrons. The standard InChI is InChI=1S/C9H9N5O3S/c15-7(8-12-6(5-18-8)9(16)17)10-1-3-14-4-2-11-13-14/h2,4-5H,1,3H2,(H,10,15)(H,16,17). The van der Waals surface area contributed by atoms with Gasteiger partial charge in [-0.15, -0.1) is 16.4 Å². The maximum atomic E-state index is 11.6. The van der Waals surface area contributed by atoms with Gasteiger partial charge in [0.1, 0.15) is 0 Å². The average Bonchev–Trinajstić information content (AvgIpc) is 2.99. The quantitative estimate of drug-likeness (QED) is 0.780. The molecule has 0 unspecified atom stereocenters. The third-order valence-electron chi connectivity index (χ3n) is 2.02. The topological polar surface area (TPSA) is 110 Å². The third-order valence-corrected chi connectivity index (χ3v) is 2.86. The molecule has 0 bridgehead atoms. The summed E-state index contributed by atoms with van der Waals surface area (Å²) < 4.78 is 1.57. The number of hydrogen-bond donors (Lipinski definition) is 2. The molecule has 0 aromatic carbocycles. The van der Waals surface area contributed by atoms with E-state index in [0.717, 1.165) is 11.3 Å². The first-order valence-corrected chi connectivity index (χ1v) is 5.86. The number of aromatic nitrogens is 4. The van der Waals surface area contributed by atoms with Crippen molar-refractivity contribution in [3.63, 3.8) is 0 Å². The fourth-order valence-electron chi connectivity index (χ4n) is 1.19. The van der Waals surface area contributed by atoms with Crippen molar-refractivity contribution in [2.45, 2.75) is 6.54 Å². The molecule has 0 saturated carbocycles. The molecular weight excluding hydrogens is 258 g/mol. The Labute approximate surface area is 105 Å². The Morgan fingerprint density at radius 3 is 2.94 bits per heavy atom. The van der Waals surface area contributed by atoms with Crippen LogP contribution in [0, 0.1) is 0 Å². The molecule has 2 rings (SSSR count). The predicted molar refractivity (Wildman–Crippen MR) is 61.4 cm³/mol. The van der Waals surface area contributed by atoms with Gasteiger partial charge in [0.25, 0.3) is 5.91 Å². The van der Waals surface area contributed by atoms with Crippen molar-refractivity contribution in [1.82, 2.24) is 25.3 Å². The molecule has 0 spiro atoms. The van der Waals surface area contributed by atoms with E-state index >= 15 is 0 Å². The van der Waals surface area contributed by atoms with E-state index in [4.69, 9.17) is 5.11 Å². The number of carboxylic acids is 1. The first kappa shape index (κ1) is 12.2. The summed E-state index contributed by atoms with van der Waals surface area (Å²) in [5.74, 6) is -1.54. The van der Waals surface area contributed by atoms with E-state index in [1.165, 1.54) is 5.38 Å². The molecule has 2 aromatic heterocycles. The summed E-state index contributed by atoms with van der Waals surface area (Å²) in [5, 5.41) is 20.1. The minimum atomic E-state index is -1.15. The van der Waals surface area contributed by atoms with Crippen LogP contribution >= 0.6 is 11.3 Å². The van der Waals surface area contributed by atoms with Crippen LogP contribution in [0.4, 0.5) is 0 Å². The van der Waals surface area contributed by atoms with E-state index in [1.54, 1.807) is 17.1 Å². The summed E-state index contributed by atoms with van der Waals surface area (Å²) in [6.07, 6.45) is 3.22. The number of nitrogens with one attached hydrogen (secondary N) is 1. The van der Waals surface area contributed by atoms with Crippen LogP contribution in [0.2, 0.25) is 0 Å². The van der Waals surface area contributed by atoms with Crippen molar-refractivity contribution < 1.29 is 14.7 Å². The van der Waals surface area contributed by atoms with Gasteiger partial charge in [0.05, 0.1) is 12.7 Å². The Morgan fingerprint density at radius 1 is 1.50 bits per heavy atom. The maximum Gasteiger partial charge on any atom is 0.355 e. The molecule has 0 aliphatic carbocycles. The Hall–Kier alpha value is -2.29. The molecule has 2 aromatic rings. The molecule has 0 atom stereocenters. The zero-order valence-corrected chi connectivity index (χ0v) is 9.92. The number of carbonyl (C=O) groups excluding carboxylic acids is 1. The molecule has 8 nitrogen and oxygen atoms in total. The van der Waals surface area contributed by atoms with Crippen LogP contribution in [-0.4, -0.2) is 43.5 Å². The number of aromatic carboxylic acids is 1. The van der Waals surface area contributed by atoms with E-state index in [1.807, 2.05) is 0 Å². The van der Waals surface area contributed by atoms with Gasteiger partial charge in [0, 0.05) is 18.1 Å². The Morgan fingerprint density at radius 2 is 2.33 bits per heavy atom. The van der Waals surface area contributed by atoms with Gasteiger partial charge in [0.2, 0.25) is 0 Å². The SMILES string of the molecule is O=C(O)c1csc(C(=O)NCCn2ccnn2)n1. The van der Waals surface area contributed by atoms with E-state index in [0.29, 0.717) is 13.1 Å². The van der Waals surface area contributed by atoms with Crippen LogP contribution in [0.3, 0.4) is 0 Å². The van der Waals surface area contributed by atoms with Crippen LogP contribution in [0.5, 0.6) is 0 Å². The van der Waals surface area contributed by atoms with E-state index in [9.17, 15) is 9.59 Å². The molecule has 0 aliphatic heterocycles. The van der Waals surface area contributed by atoms with Gasteiger partial charge in [-0.1, -0.05) is 5.21 Å². The van der Waals surface area contributed by atoms with Crippen molar-refractivity contribution in [2.75, 3.05) is 6.54 Å². The van der Waals surface area contributed by atoms with Gasteiger partial charge in [-0.2, -0.15) is 0 Å². The van der Waals surface area contributed by atoms with Gasteiger partial charge < -0.3 is 10.4 Å². The molecule has 0 radical (unpaired) electrons. The summed E-state index contributed by atoms with van der Waals surface area (Å²) >= 11 is 0.995. The van der Waals surface area contributed by atoms with Crippen molar-refractivity contribution in [2.24, 2.45) is 0 Å². The summed E-state index contributed by atoms with van der Waals surface area (Å²) in [7, 11) is 0. The zero-order valence-electron chi connectivity index (χ0n) is 9.11. The van der Waals surface area contributed by atoms with Crippen LogP contribution in [0.25, 0.3) is 0 Å². The number of carbonyl (C=O) groups is 2. The summed E-state index contributed by atoms with van der Waals surface area (Å²) in [6, 6.07) is 0. The lowest BCUT2D eigenvalue weighted by molar-refractivity contribution is 0.0691. The second-order valence-corrected chi connectivity index (χ2v) is 4.12. The van der Waals surface area contributed by atoms with Crippen molar-refractivity contribution in [3.05, 3.63) is 28.5 Å². The Kier molecular flexibility index (Phi) is 3.63. The second-order valence-electron chi connectivity index (χ2n) is 3.27. The number of carboxylic acid groups (broad SMARTS) is 1. The lowest BCUT2D eigenvalue weighted by Gasteiger charge is -2.02. The van der Waals surface area contributed by atoms with Crippen LogP contribution in [-0.2, 0) is 6.54 Å². The highest BCUT2D eigenvalue weighted by molar-refractivity contribution is 7.11. The number of rotatable bonds is 5. The van der Waals surface area contributed by atoms with Gasteiger partial charge in [-0.3, -0.25) is 9.48 Å². The smallest absolute Gasteiger partial charge is 0.355 e. The van der Waals surface area contributed by atoms with Crippen LogP contribution < -0.4 is 5.32 Å². The van der Waals surface area contributed by atoms with Gasteiger partial charge in [0.15, 0.2) is 10.7 Å². The molecular formula is C9H9N5O3S. The molecule has 18 heavy (non-hydrogen) atoms. The predicted octanol–water partition coefficient (Wildman–Crippen LogP) is -0.137. The minimum Gasteiger partial charge on any atom is -0.476 e. The largest absolute Gasteiger partial charge is 0.476 e. The molecule has 0 saturated heterocycles. The fourth-order valence-corrected chi connectivity index (χ4v) is 1.89. The third kappa shape index (κ3) is 2.88. The molecule has 9 heteroatoms. The molecule has 0 fully saturated rings. The Balaban J connectivity index is 1.85. The average molecular weight is 267 g/mol. The van der Waals surface area contributed by atoms with Crippen LogP contribution in [0.15, 0.2) is 17.8 Å². The monoisotopic (exact) mass is 267 g/mol. The number of hydrogen-bond acceptors (Lipinski definition) is 6. The zero-order chi connectivity index (χ0) is 13.0. The number of nitrogens with zero attached hydrogens (tertiary/aromatic N) is 4. The van der Waals surface area contributed by atoms with E-state index in [2.05, 4.69) is 20.6 Å². The Bertz CT molecular complexity index is 550. The highest BCUT2D eigenvalue weighted by atomic mass is 32.1.